The molecule has 2 heterocycles. The van der Waals surface area contributed by atoms with Crippen molar-refractivity contribution in [2.24, 2.45) is 0 Å². The van der Waals surface area contributed by atoms with E-state index in [4.69, 9.17) is 9.47 Å². The van der Waals surface area contributed by atoms with Crippen LogP contribution in [0.2, 0.25) is 0 Å². The molecule has 2 rings (SSSR count). The molecule has 5 heteroatoms. The Morgan fingerprint density at radius 3 is 2.83 bits per heavy atom. The summed E-state index contributed by atoms with van der Waals surface area (Å²) in [6.07, 6.45) is 3.55. The first-order valence-corrected chi connectivity index (χ1v) is 6.90. The van der Waals surface area contributed by atoms with Gasteiger partial charge in [-0.1, -0.05) is 0 Å². The molecule has 0 spiro atoms. The summed E-state index contributed by atoms with van der Waals surface area (Å²) in [6.45, 7) is 4.88. The molecule has 1 N–H and O–H groups in total. The molecule has 104 valence electrons. The van der Waals surface area contributed by atoms with E-state index in [2.05, 4.69) is 5.32 Å². The lowest BCUT2D eigenvalue weighted by atomic mass is 10.1. The number of nitrogens with zero attached hydrogens (tertiary/aromatic N) is 1. The molecule has 0 aromatic heterocycles. The van der Waals surface area contributed by atoms with Gasteiger partial charge >= 0.3 is 0 Å². The molecule has 0 aromatic carbocycles. The van der Waals surface area contributed by atoms with Crippen molar-refractivity contribution in [1.82, 2.24) is 10.2 Å². The number of morpholine rings is 1. The van der Waals surface area contributed by atoms with Crippen molar-refractivity contribution >= 4 is 5.91 Å². The zero-order chi connectivity index (χ0) is 13.0. The van der Waals surface area contributed by atoms with Crippen LogP contribution >= 0.6 is 0 Å². The number of nitrogens with one attached hydrogen (secondary N) is 1. The van der Waals surface area contributed by atoms with Crippen molar-refractivity contribution in [3.63, 3.8) is 0 Å². The van der Waals surface area contributed by atoms with E-state index in [1.165, 1.54) is 6.42 Å². The summed E-state index contributed by atoms with van der Waals surface area (Å²) in [5, 5.41) is 3.23. The Bertz CT molecular complexity index is 279. The van der Waals surface area contributed by atoms with E-state index in [1.807, 2.05) is 14.0 Å². The minimum absolute atomic E-state index is 0.0547. The number of ether oxygens (including phenoxy) is 2. The first-order valence-electron chi connectivity index (χ1n) is 6.90. The van der Waals surface area contributed by atoms with Crippen LogP contribution in [0.5, 0.6) is 0 Å². The Labute approximate surface area is 109 Å². The highest BCUT2D eigenvalue weighted by Gasteiger charge is 2.31. The fourth-order valence-electron chi connectivity index (χ4n) is 2.59. The van der Waals surface area contributed by atoms with Crippen molar-refractivity contribution in [2.75, 3.05) is 33.4 Å². The summed E-state index contributed by atoms with van der Waals surface area (Å²) < 4.78 is 11.2. The van der Waals surface area contributed by atoms with Gasteiger partial charge in [0.25, 0.3) is 0 Å². The second-order valence-corrected chi connectivity index (χ2v) is 5.22. The Kier molecular flexibility index (Phi) is 4.97. The number of amides is 1. The minimum atomic E-state index is -0.215. The molecule has 2 saturated heterocycles. The van der Waals surface area contributed by atoms with Crippen LogP contribution in [-0.2, 0) is 14.3 Å². The van der Waals surface area contributed by atoms with E-state index in [0.29, 0.717) is 13.2 Å². The lowest BCUT2D eigenvalue weighted by Crippen LogP contribution is -2.56. The van der Waals surface area contributed by atoms with Gasteiger partial charge in [0.15, 0.2) is 0 Å². The van der Waals surface area contributed by atoms with Gasteiger partial charge in [0, 0.05) is 26.7 Å². The SMILES string of the molecule is C[C@H]1OCCN[C@@H]1C(=O)N(C)CC1CCCCO1. The normalized spacial score (nSPS) is 33.1. The smallest absolute Gasteiger partial charge is 0.242 e. The zero-order valence-corrected chi connectivity index (χ0v) is 11.4. The highest BCUT2D eigenvalue weighted by atomic mass is 16.5. The van der Waals surface area contributed by atoms with Crippen LogP contribution in [0.1, 0.15) is 26.2 Å². The molecule has 18 heavy (non-hydrogen) atoms. The molecular weight excluding hydrogens is 232 g/mol. The predicted molar refractivity (Wildman–Crippen MR) is 68.4 cm³/mol. The van der Waals surface area contributed by atoms with Gasteiger partial charge in [-0.2, -0.15) is 0 Å². The number of likely N-dealkylation sites (N-methyl/N-ethyl adjacent to an activating group) is 1. The van der Waals surface area contributed by atoms with Crippen molar-refractivity contribution in [2.45, 2.75) is 44.4 Å². The molecule has 0 aliphatic carbocycles. The quantitative estimate of drug-likeness (QED) is 0.793. The minimum Gasteiger partial charge on any atom is -0.376 e. The van der Waals surface area contributed by atoms with Crippen LogP contribution in [0, 0.1) is 0 Å². The third-order valence-corrected chi connectivity index (χ3v) is 3.71. The Hall–Kier alpha value is -0.650. The van der Waals surface area contributed by atoms with Crippen molar-refractivity contribution in [1.29, 1.82) is 0 Å². The average molecular weight is 256 g/mol. The Morgan fingerprint density at radius 2 is 2.17 bits per heavy atom. The van der Waals surface area contributed by atoms with E-state index in [-0.39, 0.29) is 24.2 Å². The first kappa shape index (κ1) is 13.8. The molecule has 1 amide bonds. The summed E-state index contributed by atoms with van der Waals surface area (Å²) in [5.74, 6) is 0.108. The van der Waals surface area contributed by atoms with E-state index >= 15 is 0 Å². The van der Waals surface area contributed by atoms with Gasteiger partial charge in [-0.15, -0.1) is 0 Å². The fraction of sp³-hybridized carbons (Fsp3) is 0.923. The van der Waals surface area contributed by atoms with Crippen LogP contribution in [0.3, 0.4) is 0 Å². The summed E-state index contributed by atoms with van der Waals surface area (Å²) in [6, 6.07) is -0.215. The molecule has 1 unspecified atom stereocenters. The molecule has 2 fully saturated rings. The third kappa shape index (κ3) is 3.43. The topological polar surface area (TPSA) is 50.8 Å². The van der Waals surface area contributed by atoms with Crippen LogP contribution in [0.4, 0.5) is 0 Å². The van der Waals surface area contributed by atoms with Gasteiger partial charge < -0.3 is 19.7 Å². The number of carbonyl (C=O) groups excluding carboxylic acids is 1. The molecular formula is C13H24N2O3. The monoisotopic (exact) mass is 256 g/mol. The van der Waals surface area contributed by atoms with E-state index in [0.717, 1.165) is 26.0 Å². The van der Waals surface area contributed by atoms with Crippen LogP contribution in [-0.4, -0.2) is 62.4 Å². The van der Waals surface area contributed by atoms with Gasteiger partial charge in [-0.05, 0) is 26.2 Å². The zero-order valence-electron chi connectivity index (χ0n) is 11.4. The van der Waals surface area contributed by atoms with Crippen LogP contribution in [0.15, 0.2) is 0 Å². The number of hydrogen-bond donors (Lipinski definition) is 1. The largest absolute Gasteiger partial charge is 0.376 e. The lowest BCUT2D eigenvalue weighted by Gasteiger charge is -2.34. The average Bonchev–Trinajstić information content (AvgIpc) is 2.39. The van der Waals surface area contributed by atoms with E-state index in [1.54, 1.807) is 4.90 Å². The third-order valence-electron chi connectivity index (χ3n) is 3.71. The molecule has 2 aliphatic heterocycles. The summed E-state index contributed by atoms with van der Waals surface area (Å²) >= 11 is 0. The summed E-state index contributed by atoms with van der Waals surface area (Å²) in [5.41, 5.74) is 0. The fourth-order valence-corrected chi connectivity index (χ4v) is 2.59. The molecule has 0 aromatic rings. The predicted octanol–water partition coefficient (Wildman–Crippen LogP) is 0.391. The van der Waals surface area contributed by atoms with Gasteiger partial charge in [0.1, 0.15) is 6.04 Å². The lowest BCUT2D eigenvalue weighted by molar-refractivity contribution is -0.140. The van der Waals surface area contributed by atoms with Gasteiger partial charge in [-0.25, -0.2) is 0 Å². The van der Waals surface area contributed by atoms with Crippen molar-refractivity contribution in [3.05, 3.63) is 0 Å². The molecule has 0 bridgehead atoms. The van der Waals surface area contributed by atoms with Crippen LogP contribution in [0.25, 0.3) is 0 Å². The van der Waals surface area contributed by atoms with Crippen LogP contribution < -0.4 is 5.32 Å². The summed E-state index contributed by atoms with van der Waals surface area (Å²) in [7, 11) is 1.85. The van der Waals surface area contributed by atoms with Gasteiger partial charge in [0.05, 0.1) is 18.8 Å². The molecule has 3 atom stereocenters. The van der Waals surface area contributed by atoms with Gasteiger partial charge in [-0.3, -0.25) is 4.79 Å². The van der Waals surface area contributed by atoms with E-state index in [9.17, 15) is 4.79 Å². The highest BCUT2D eigenvalue weighted by Crippen LogP contribution is 2.14. The van der Waals surface area contributed by atoms with Crippen molar-refractivity contribution < 1.29 is 14.3 Å². The molecule has 0 radical (unpaired) electrons. The maximum atomic E-state index is 12.3. The number of rotatable bonds is 3. The Balaban J connectivity index is 1.83. The number of carbonyl (C=O) groups is 1. The molecule has 2 aliphatic rings. The molecule has 0 saturated carbocycles. The maximum absolute atomic E-state index is 12.3. The van der Waals surface area contributed by atoms with E-state index < -0.39 is 0 Å². The maximum Gasteiger partial charge on any atom is 0.242 e. The first-order chi connectivity index (χ1) is 8.68. The van der Waals surface area contributed by atoms with Gasteiger partial charge in [0.2, 0.25) is 5.91 Å². The highest BCUT2D eigenvalue weighted by molar-refractivity contribution is 5.82. The Morgan fingerprint density at radius 1 is 1.33 bits per heavy atom. The second-order valence-electron chi connectivity index (χ2n) is 5.22. The summed E-state index contributed by atoms with van der Waals surface area (Å²) in [4.78, 5) is 14.1. The second kappa shape index (κ2) is 6.50. The standard InChI is InChI=1S/C13H24N2O3/c1-10-12(14-6-8-17-10)13(16)15(2)9-11-5-3-4-7-18-11/h10-12,14H,3-9H2,1-2H3/t10-,11?,12+/m1/s1. The molecule has 5 nitrogen and oxygen atoms in total. The van der Waals surface area contributed by atoms with Crippen molar-refractivity contribution in [3.8, 4) is 0 Å². The number of hydrogen-bond acceptors (Lipinski definition) is 4.